The molecule has 0 amide bonds. The molecule has 0 saturated heterocycles. The van der Waals surface area contributed by atoms with Gasteiger partial charge in [0.1, 0.15) is 0 Å². The fraction of sp³-hybridized carbons (Fsp3) is 1.00. The van der Waals surface area contributed by atoms with Gasteiger partial charge in [-0.3, -0.25) is 4.55 Å². The summed E-state index contributed by atoms with van der Waals surface area (Å²) in [7, 11) is -4.23. The minimum absolute atomic E-state index is 0. The largest absolute Gasteiger partial charge is 0.397 e. The van der Waals surface area contributed by atoms with Crippen LogP contribution in [-0.2, 0) is 14.6 Å². The monoisotopic (exact) mass is 305 g/mol. The average Bonchev–Trinajstić information content (AvgIpc) is 2.24. The average molecular weight is 306 g/mol. The van der Waals surface area contributed by atoms with Gasteiger partial charge in [0, 0.05) is 51.4 Å². The summed E-state index contributed by atoms with van der Waals surface area (Å²) >= 11 is 0. The van der Waals surface area contributed by atoms with Crippen molar-refractivity contribution in [3.05, 3.63) is 0 Å². The van der Waals surface area contributed by atoms with Gasteiger partial charge in [-0.15, -0.1) is 0 Å². The van der Waals surface area contributed by atoms with Crippen molar-refractivity contribution in [2.24, 2.45) is 0 Å². The standard InChI is InChI=1S/C12H26O4S.K/c1-2-3-4-5-6-7-8-9-10-11-12-16-17(13,14)15;/h2-12H2,1H3,(H,13,14,15);. The fourth-order valence-corrected chi connectivity index (χ4v) is 2.08. The van der Waals surface area contributed by atoms with Crippen LogP contribution in [0, 0.1) is 0 Å². The van der Waals surface area contributed by atoms with E-state index in [9.17, 15) is 8.42 Å². The maximum Gasteiger partial charge on any atom is 0.397 e. The van der Waals surface area contributed by atoms with Crippen LogP contribution in [0.5, 0.6) is 0 Å². The zero-order valence-electron chi connectivity index (χ0n) is 11.9. The van der Waals surface area contributed by atoms with E-state index in [1.54, 1.807) is 0 Å². The van der Waals surface area contributed by atoms with Crippen LogP contribution in [0.4, 0.5) is 0 Å². The Morgan fingerprint density at radius 1 is 0.833 bits per heavy atom. The molecule has 4 nitrogen and oxygen atoms in total. The first-order chi connectivity index (χ1) is 8.06. The first-order valence-corrected chi connectivity index (χ1v) is 8.04. The van der Waals surface area contributed by atoms with Crippen LogP contribution in [0.3, 0.4) is 0 Å². The molecule has 0 fully saturated rings. The van der Waals surface area contributed by atoms with Gasteiger partial charge in [-0.05, 0) is 6.42 Å². The van der Waals surface area contributed by atoms with Gasteiger partial charge in [0.05, 0.1) is 6.61 Å². The van der Waals surface area contributed by atoms with Crippen molar-refractivity contribution in [1.82, 2.24) is 0 Å². The molecule has 0 saturated carbocycles. The van der Waals surface area contributed by atoms with Gasteiger partial charge in [0.15, 0.2) is 0 Å². The van der Waals surface area contributed by atoms with Crippen molar-refractivity contribution in [3.8, 4) is 0 Å². The van der Waals surface area contributed by atoms with Gasteiger partial charge in [0.2, 0.25) is 0 Å². The van der Waals surface area contributed by atoms with Crippen molar-refractivity contribution in [1.29, 1.82) is 0 Å². The molecule has 0 rings (SSSR count). The van der Waals surface area contributed by atoms with E-state index in [2.05, 4.69) is 11.1 Å². The molecule has 0 aliphatic heterocycles. The van der Waals surface area contributed by atoms with E-state index in [0.29, 0.717) is 6.42 Å². The second-order valence-electron chi connectivity index (χ2n) is 4.43. The van der Waals surface area contributed by atoms with Crippen molar-refractivity contribution < 1.29 is 17.2 Å². The maximum absolute atomic E-state index is 10.2. The predicted molar refractivity (Wildman–Crippen MR) is 75.1 cm³/mol. The molecular formula is C12H26KO4S. The molecule has 1 radical (unpaired) electrons. The Labute approximate surface area is 155 Å². The van der Waals surface area contributed by atoms with Gasteiger partial charge in [-0.25, -0.2) is 4.18 Å². The summed E-state index contributed by atoms with van der Waals surface area (Å²) in [5.74, 6) is 0. The Morgan fingerprint density at radius 2 is 1.22 bits per heavy atom. The second kappa shape index (κ2) is 14.9. The maximum atomic E-state index is 10.2. The second-order valence-corrected chi connectivity index (χ2v) is 5.52. The Bertz CT molecular complexity index is 255. The van der Waals surface area contributed by atoms with E-state index in [1.165, 1.54) is 44.9 Å². The van der Waals surface area contributed by atoms with Crippen LogP contribution < -0.4 is 0 Å². The molecule has 0 atom stereocenters. The molecule has 0 aliphatic carbocycles. The molecule has 0 aromatic carbocycles. The third-order valence-corrected chi connectivity index (χ3v) is 3.19. The summed E-state index contributed by atoms with van der Waals surface area (Å²) in [6, 6.07) is 0. The van der Waals surface area contributed by atoms with Crippen molar-refractivity contribution in [2.75, 3.05) is 6.61 Å². The van der Waals surface area contributed by atoms with E-state index < -0.39 is 10.4 Å². The molecule has 0 aliphatic rings. The van der Waals surface area contributed by atoms with Gasteiger partial charge in [-0.2, -0.15) is 8.42 Å². The molecule has 1 N–H and O–H groups in total. The molecule has 0 aromatic heterocycles. The molecule has 0 aromatic rings. The summed E-state index contributed by atoms with van der Waals surface area (Å²) in [5.41, 5.74) is 0. The SMILES string of the molecule is CCCCCCCCCCCCOS(=O)(=O)O.[K]. The summed E-state index contributed by atoms with van der Waals surface area (Å²) in [4.78, 5) is 0. The van der Waals surface area contributed by atoms with Crippen LogP contribution in [-0.4, -0.2) is 71.0 Å². The van der Waals surface area contributed by atoms with Crippen molar-refractivity contribution in [3.63, 3.8) is 0 Å². The fourth-order valence-electron chi connectivity index (χ4n) is 1.75. The van der Waals surface area contributed by atoms with E-state index >= 15 is 0 Å². The zero-order chi connectivity index (χ0) is 13.0. The minimum Gasteiger partial charge on any atom is -0.264 e. The molecule has 6 heteroatoms. The molecule has 0 spiro atoms. The van der Waals surface area contributed by atoms with Crippen LogP contribution >= 0.6 is 0 Å². The van der Waals surface area contributed by atoms with Crippen LogP contribution in [0.1, 0.15) is 71.1 Å². The normalized spacial score (nSPS) is 11.2. The smallest absolute Gasteiger partial charge is 0.264 e. The van der Waals surface area contributed by atoms with Gasteiger partial charge < -0.3 is 0 Å². The first-order valence-electron chi connectivity index (χ1n) is 6.68. The van der Waals surface area contributed by atoms with Gasteiger partial charge in [0.25, 0.3) is 0 Å². The molecular weight excluding hydrogens is 279 g/mol. The summed E-state index contributed by atoms with van der Waals surface area (Å²) in [6.07, 6.45) is 11.9. The molecule has 0 bridgehead atoms. The molecule has 0 unspecified atom stereocenters. The Hall–Kier alpha value is 1.51. The van der Waals surface area contributed by atoms with E-state index in [4.69, 9.17) is 4.55 Å². The van der Waals surface area contributed by atoms with E-state index in [-0.39, 0.29) is 58.0 Å². The molecule has 0 heterocycles. The van der Waals surface area contributed by atoms with Gasteiger partial charge >= 0.3 is 10.4 Å². The topological polar surface area (TPSA) is 63.6 Å². The third-order valence-electron chi connectivity index (χ3n) is 2.73. The summed E-state index contributed by atoms with van der Waals surface area (Å²) < 4.78 is 33.0. The quantitative estimate of drug-likeness (QED) is 0.341. The van der Waals surface area contributed by atoms with Crippen LogP contribution in [0.25, 0.3) is 0 Å². The Balaban J connectivity index is 0. The predicted octanol–water partition coefficient (Wildman–Crippen LogP) is 3.35. The Morgan fingerprint density at radius 3 is 1.61 bits per heavy atom. The molecule has 105 valence electrons. The minimum atomic E-state index is -4.23. The zero-order valence-corrected chi connectivity index (χ0v) is 15.8. The van der Waals surface area contributed by atoms with Crippen molar-refractivity contribution >= 4 is 61.8 Å². The summed E-state index contributed by atoms with van der Waals surface area (Å²) in [5, 5.41) is 0. The number of hydrogen-bond donors (Lipinski definition) is 1. The van der Waals surface area contributed by atoms with E-state index in [0.717, 1.165) is 12.8 Å². The third kappa shape index (κ3) is 19.8. The number of unbranched alkanes of at least 4 members (excludes halogenated alkanes) is 9. The summed E-state index contributed by atoms with van der Waals surface area (Å²) in [6.45, 7) is 2.31. The van der Waals surface area contributed by atoms with Crippen molar-refractivity contribution in [2.45, 2.75) is 71.1 Å². The van der Waals surface area contributed by atoms with Crippen LogP contribution in [0.2, 0.25) is 0 Å². The van der Waals surface area contributed by atoms with Gasteiger partial charge in [-0.1, -0.05) is 64.7 Å². The van der Waals surface area contributed by atoms with Crippen LogP contribution in [0.15, 0.2) is 0 Å². The number of hydrogen-bond acceptors (Lipinski definition) is 3. The molecule has 18 heavy (non-hydrogen) atoms. The number of rotatable bonds is 12. The Kier molecular flexibility index (Phi) is 18.1. The first kappa shape index (κ1) is 21.8. The van der Waals surface area contributed by atoms with E-state index in [1.807, 2.05) is 0 Å².